The van der Waals surface area contributed by atoms with Gasteiger partial charge in [0.15, 0.2) is 0 Å². The minimum atomic E-state index is -3.56. The Balaban J connectivity index is 2.12. The second kappa shape index (κ2) is 5.73. The van der Waals surface area contributed by atoms with Crippen LogP contribution in [-0.4, -0.2) is 18.2 Å². The van der Waals surface area contributed by atoms with Crippen molar-refractivity contribution in [1.82, 2.24) is 14.5 Å². The van der Waals surface area contributed by atoms with Crippen molar-refractivity contribution < 1.29 is 8.42 Å². The number of aromatic nitrogens is 2. The van der Waals surface area contributed by atoms with E-state index in [1.54, 1.807) is 22.9 Å². The summed E-state index contributed by atoms with van der Waals surface area (Å²) >= 11 is 5.97. The van der Waals surface area contributed by atoms with Gasteiger partial charge in [-0.2, -0.15) is 5.10 Å². The predicted octanol–water partition coefficient (Wildman–Crippen LogP) is 2.03. The largest absolute Gasteiger partial charge is 0.272 e. The summed E-state index contributed by atoms with van der Waals surface area (Å²) in [5, 5.41) is 4.48. The molecule has 7 heteroatoms. The molecule has 0 amide bonds. The van der Waals surface area contributed by atoms with E-state index in [-0.39, 0.29) is 11.4 Å². The van der Waals surface area contributed by atoms with Gasteiger partial charge >= 0.3 is 0 Å². The highest BCUT2D eigenvalue weighted by molar-refractivity contribution is 7.89. The molecule has 1 heterocycles. The lowest BCUT2D eigenvalue weighted by Gasteiger charge is -2.06. The van der Waals surface area contributed by atoms with Crippen LogP contribution in [0, 0.1) is 0 Å². The van der Waals surface area contributed by atoms with E-state index in [4.69, 9.17) is 11.6 Å². The number of rotatable bonds is 5. The quantitative estimate of drug-likeness (QED) is 0.919. The molecule has 0 saturated heterocycles. The zero-order valence-electron chi connectivity index (χ0n) is 10.4. The van der Waals surface area contributed by atoms with E-state index in [2.05, 4.69) is 9.82 Å². The summed E-state index contributed by atoms with van der Waals surface area (Å²) in [5.41, 5.74) is 0.732. The molecular formula is C12H14ClN3O2S. The van der Waals surface area contributed by atoms with Gasteiger partial charge in [0.1, 0.15) is 4.90 Å². The first-order chi connectivity index (χ1) is 9.03. The third-order valence-electron chi connectivity index (χ3n) is 2.65. The van der Waals surface area contributed by atoms with Gasteiger partial charge in [-0.25, -0.2) is 13.1 Å². The Morgan fingerprint density at radius 1 is 1.37 bits per heavy atom. The number of sulfonamides is 1. The molecule has 1 aromatic heterocycles. The number of nitrogens with zero attached hydrogens (tertiary/aromatic N) is 2. The van der Waals surface area contributed by atoms with Crippen LogP contribution in [0.2, 0.25) is 5.02 Å². The van der Waals surface area contributed by atoms with Crippen molar-refractivity contribution in [2.75, 3.05) is 0 Å². The van der Waals surface area contributed by atoms with Crippen LogP contribution in [0.1, 0.15) is 12.5 Å². The van der Waals surface area contributed by atoms with Gasteiger partial charge in [0.2, 0.25) is 10.0 Å². The average molecular weight is 300 g/mol. The van der Waals surface area contributed by atoms with Gasteiger partial charge in [-0.15, -0.1) is 0 Å². The van der Waals surface area contributed by atoms with E-state index in [0.29, 0.717) is 11.6 Å². The Morgan fingerprint density at radius 3 is 2.74 bits per heavy atom. The van der Waals surface area contributed by atoms with Gasteiger partial charge in [0.05, 0.1) is 6.20 Å². The summed E-state index contributed by atoms with van der Waals surface area (Å²) in [5.74, 6) is 0. The van der Waals surface area contributed by atoms with Gasteiger partial charge in [-0.3, -0.25) is 4.68 Å². The number of benzene rings is 1. The molecule has 1 aromatic carbocycles. The molecule has 0 aliphatic heterocycles. The average Bonchev–Trinajstić information content (AvgIpc) is 2.87. The molecule has 1 N–H and O–H groups in total. The number of halogens is 1. The molecule has 0 aliphatic rings. The molecule has 102 valence electrons. The second-order valence-electron chi connectivity index (χ2n) is 3.95. The molecule has 19 heavy (non-hydrogen) atoms. The molecule has 5 nitrogen and oxygen atoms in total. The first-order valence-electron chi connectivity index (χ1n) is 5.78. The molecule has 0 spiro atoms. The van der Waals surface area contributed by atoms with Crippen LogP contribution in [0.5, 0.6) is 0 Å². The van der Waals surface area contributed by atoms with Crippen LogP contribution < -0.4 is 4.72 Å². The van der Waals surface area contributed by atoms with E-state index in [9.17, 15) is 8.42 Å². The lowest BCUT2D eigenvalue weighted by Crippen LogP contribution is -2.23. The third-order valence-corrected chi connectivity index (χ3v) is 4.38. The van der Waals surface area contributed by atoms with Gasteiger partial charge in [-0.1, -0.05) is 29.8 Å². The van der Waals surface area contributed by atoms with Crippen LogP contribution in [0.15, 0.2) is 41.6 Å². The summed E-state index contributed by atoms with van der Waals surface area (Å²) in [4.78, 5) is 0.154. The fourth-order valence-corrected chi connectivity index (χ4v) is 2.72. The lowest BCUT2D eigenvalue weighted by molar-refractivity contribution is 0.581. The molecule has 2 aromatic rings. The molecule has 0 radical (unpaired) electrons. The summed E-state index contributed by atoms with van der Waals surface area (Å²) in [7, 11) is -3.56. The van der Waals surface area contributed by atoms with Crippen LogP contribution in [0.3, 0.4) is 0 Å². The standard InChI is InChI=1S/C12H14ClN3O2S/c1-2-16-9-11(8-14-16)19(17,18)15-7-10-5-3-4-6-12(10)13/h3-6,8-9,15H,2,7H2,1H3. The highest BCUT2D eigenvalue weighted by Gasteiger charge is 2.16. The maximum absolute atomic E-state index is 12.0. The van der Waals surface area contributed by atoms with Crippen molar-refractivity contribution in [3.63, 3.8) is 0 Å². The second-order valence-corrected chi connectivity index (χ2v) is 6.12. The van der Waals surface area contributed by atoms with Crippen molar-refractivity contribution >= 4 is 21.6 Å². The Hall–Kier alpha value is -1.37. The maximum Gasteiger partial charge on any atom is 0.243 e. The minimum Gasteiger partial charge on any atom is -0.272 e. The Labute approximate surface area is 117 Å². The predicted molar refractivity (Wildman–Crippen MR) is 73.4 cm³/mol. The summed E-state index contributed by atoms with van der Waals surface area (Å²) in [6.07, 6.45) is 2.83. The Bertz CT molecular complexity index is 667. The molecular weight excluding hydrogens is 286 g/mol. The molecule has 0 atom stereocenters. The minimum absolute atomic E-state index is 0.152. The van der Waals surface area contributed by atoms with Crippen LogP contribution >= 0.6 is 11.6 Å². The Morgan fingerprint density at radius 2 is 2.11 bits per heavy atom. The van der Waals surface area contributed by atoms with E-state index in [1.165, 1.54) is 12.4 Å². The van der Waals surface area contributed by atoms with E-state index >= 15 is 0 Å². The summed E-state index contributed by atoms with van der Waals surface area (Å²) < 4.78 is 28.1. The molecule has 0 aliphatic carbocycles. The SMILES string of the molecule is CCn1cc(S(=O)(=O)NCc2ccccc2Cl)cn1. The van der Waals surface area contributed by atoms with E-state index < -0.39 is 10.0 Å². The first-order valence-corrected chi connectivity index (χ1v) is 7.64. The number of nitrogens with one attached hydrogen (secondary N) is 1. The van der Waals surface area contributed by atoms with Crippen molar-refractivity contribution in [1.29, 1.82) is 0 Å². The van der Waals surface area contributed by atoms with Crippen molar-refractivity contribution in [3.8, 4) is 0 Å². The molecule has 2 rings (SSSR count). The van der Waals surface area contributed by atoms with Gasteiger partial charge in [0.25, 0.3) is 0 Å². The maximum atomic E-state index is 12.0. The zero-order chi connectivity index (χ0) is 13.9. The third kappa shape index (κ3) is 3.34. The zero-order valence-corrected chi connectivity index (χ0v) is 11.9. The summed E-state index contributed by atoms with van der Waals surface area (Å²) in [6.45, 7) is 2.67. The highest BCUT2D eigenvalue weighted by Crippen LogP contribution is 2.15. The topological polar surface area (TPSA) is 64.0 Å². The van der Waals surface area contributed by atoms with Crippen molar-refractivity contribution in [3.05, 3.63) is 47.2 Å². The molecule has 0 saturated carbocycles. The van der Waals surface area contributed by atoms with E-state index in [1.807, 2.05) is 13.0 Å². The number of hydrogen-bond donors (Lipinski definition) is 1. The molecule has 0 fully saturated rings. The first kappa shape index (κ1) is 14.0. The summed E-state index contributed by atoms with van der Waals surface area (Å²) in [6, 6.07) is 7.11. The van der Waals surface area contributed by atoms with Gasteiger partial charge < -0.3 is 0 Å². The lowest BCUT2D eigenvalue weighted by atomic mass is 10.2. The van der Waals surface area contributed by atoms with Gasteiger partial charge in [-0.05, 0) is 18.6 Å². The normalized spacial score (nSPS) is 11.7. The fraction of sp³-hybridized carbons (Fsp3) is 0.250. The van der Waals surface area contributed by atoms with Gasteiger partial charge in [0, 0.05) is 24.3 Å². The van der Waals surface area contributed by atoms with Crippen LogP contribution in [0.4, 0.5) is 0 Å². The fourth-order valence-electron chi connectivity index (χ4n) is 1.55. The molecule has 0 unspecified atom stereocenters. The highest BCUT2D eigenvalue weighted by atomic mass is 35.5. The smallest absolute Gasteiger partial charge is 0.243 e. The van der Waals surface area contributed by atoms with Crippen molar-refractivity contribution in [2.24, 2.45) is 0 Å². The van der Waals surface area contributed by atoms with Crippen molar-refractivity contribution in [2.45, 2.75) is 24.9 Å². The molecule has 0 bridgehead atoms. The Kier molecular flexibility index (Phi) is 4.24. The van der Waals surface area contributed by atoms with E-state index in [0.717, 1.165) is 5.56 Å². The number of aryl methyl sites for hydroxylation is 1. The van der Waals surface area contributed by atoms with Crippen LogP contribution in [-0.2, 0) is 23.1 Å². The van der Waals surface area contributed by atoms with Crippen LogP contribution in [0.25, 0.3) is 0 Å². The monoisotopic (exact) mass is 299 g/mol. The number of hydrogen-bond acceptors (Lipinski definition) is 3.